The number of unbranched alkanes of at least 4 members (excludes halogenated alkanes) is 1. The number of carbonyl (C=O) groups excluding carboxylic acids is 1. The molecule has 5 heteroatoms. The number of methoxy groups -OCH3 is 1. The van der Waals surface area contributed by atoms with Crippen LogP contribution in [-0.4, -0.2) is 44.7 Å². The molecule has 0 fully saturated rings. The van der Waals surface area contributed by atoms with Crippen LogP contribution in [0.3, 0.4) is 0 Å². The number of rotatable bonds is 10. The fourth-order valence-corrected chi connectivity index (χ4v) is 1.37. The Labute approximate surface area is 99.8 Å². The largest absolute Gasteiger partial charge is 0.382 e. The van der Waals surface area contributed by atoms with Gasteiger partial charge in [0.1, 0.15) is 0 Å². The zero-order chi connectivity index (χ0) is 11.4. The van der Waals surface area contributed by atoms with E-state index in [0.717, 1.165) is 18.2 Å². The molecule has 0 bridgehead atoms. The number of alkyl halides is 1. The monoisotopic (exact) mass is 281 g/mol. The standard InChI is InChI=1S/C10H20BrNO3/c1-14-8-9-15-7-6-12-10(13)4-2-3-5-11/h2-9H2,1H3,(H,12,13). The van der Waals surface area contributed by atoms with Gasteiger partial charge in [-0.05, 0) is 12.8 Å². The minimum absolute atomic E-state index is 0.103. The number of carbonyl (C=O) groups is 1. The van der Waals surface area contributed by atoms with Gasteiger partial charge in [-0.25, -0.2) is 0 Å². The Morgan fingerprint density at radius 3 is 2.73 bits per heavy atom. The van der Waals surface area contributed by atoms with Crippen molar-refractivity contribution in [2.24, 2.45) is 0 Å². The summed E-state index contributed by atoms with van der Waals surface area (Å²) in [6.07, 6.45) is 2.57. The van der Waals surface area contributed by atoms with Gasteiger partial charge < -0.3 is 14.8 Å². The molecule has 0 saturated heterocycles. The van der Waals surface area contributed by atoms with Crippen LogP contribution >= 0.6 is 15.9 Å². The molecule has 0 unspecified atom stereocenters. The summed E-state index contributed by atoms with van der Waals surface area (Å²) in [5.41, 5.74) is 0. The molecule has 0 saturated carbocycles. The van der Waals surface area contributed by atoms with Gasteiger partial charge in [0, 0.05) is 25.4 Å². The summed E-state index contributed by atoms with van der Waals surface area (Å²) in [5.74, 6) is 0.103. The molecule has 0 aliphatic rings. The average molecular weight is 282 g/mol. The van der Waals surface area contributed by atoms with Gasteiger partial charge in [-0.2, -0.15) is 0 Å². The maximum Gasteiger partial charge on any atom is 0.220 e. The van der Waals surface area contributed by atoms with Crippen LogP contribution in [0.1, 0.15) is 19.3 Å². The van der Waals surface area contributed by atoms with Crippen LogP contribution in [-0.2, 0) is 14.3 Å². The summed E-state index contributed by atoms with van der Waals surface area (Å²) in [4.78, 5) is 11.2. The molecule has 0 atom stereocenters. The molecule has 4 nitrogen and oxygen atoms in total. The number of hydrogen-bond acceptors (Lipinski definition) is 3. The fourth-order valence-electron chi connectivity index (χ4n) is 0.975. The molecule has 0 aromatic rings. The van der Waals surface area contributed by atoms with E-state index in [2.05, 4.69) is 21.2 Å². The second kappa shape index (κ2) is 11.9. The molecule has 0 aliphatic carbocycles. The summed E-state index contributed by atoms with van der Waals surface area (Å²) >= 11 is 3.32. The third-order valence-electron chi connectivity index (χ3n) is 1.79. The summed E-state index contributed by atoms with van der Waals surface area (Å²) in [6, 6.07) is 0. The summed E-state index contributed by atoms with van der Waals surface area (Å²) in [7, 11) is 1.63. The van der Waals surface area contributed by atoms with Gasteiger partial charge in [0.05, 0.1) is 19.8 Å². The Balaban J connectivity index is 3.10. The maximum absolute atomic E-state index is 11.2. The first-order valence-electron chi connectivity index (χ1n) is 5.20. The predicted octanol–water partition coefficient (Wildman–Crippen LogP) is 1.33. The van der Waals surface area contributed by atoms with Crippen molar-refractivity contribution >= 4 is 21.8 Å². The van der Waals surface area contributed by atoms with E-state index in [1.807, 2.05) is 0 Å². The first-order valence-corrected chi connectivity index (χ1v) is 6.32. The van der Waals surface area contributed by atoms with Gasteiger partial charge in [0.15, 0.2) is 0 Å². The Bertz CT molecular complexity index is 156. The van der Waals surface area contributed by atoms with Crippen LogP contribution in [0.15, 0.2) is 0 Å². The second-order valence-electron chi connectivity index (χ2n) is 3.10. The van der Waals surface area contributed by atoms with Crippen molar-refractivity contribution < 1.29 is 14.3 Å². The molecule has 1 N–H and O–H groups in total. The van der Waals surface area contributed by atoms with E-state index < -0.39 is 0 Å². The van der Waals surface area contributed by atoms with Gasteiger partial charge in [-0.15, -0.1) is 0 Å². The summed E-state index contributed by atoms with van der Waals surface area (Å²) in [5, 5.41) is 3.76. The van der Waals surface area contributed by atoms with E-state index in [4.69, 9.17) is 9.47 Å². The SMILES string of the molecule is COCCOCCNC(=O)CCCCBr. The van der Waals surface area contributed by atoms with Crippen molar-refractivity contribution in [2.75, 3.05) is 38.8 Å². The highest BCUT2D eigenvalue weighted by Gasteiger charge is 1.99. The second-order valence-corrected chi connectivity index (χ2v) is 3.89. The van der Waals surface area contributed by atoms with E-state index >= 15 is 0 Å². The molecule has 0 aromatic heterocycles. The molecule has 0 radical (unpaired) electrons. The number of halogens is 1. The van der Waals surface area contributed by atoms with Gasteiger partial charge in [0.2, 0.25) is 5.91 Å². The van der Waals surface area contributed by atoms with Crippen molar-refractivity contribution in [3.63, 3.8) is 0 Å². The van der Waals surface area contributed by atoms with E-state index in [1.54, 1.807) is 7.11 Å². The van der Waals surface area contributed by atoms with E-state index in [0.29, 0.717) is 32.8 Å². The lowest BCUT2D eigenvalue weighted by molar-refractivity contribution is -0.121. The van der Waals surface area contributed by atoms with Crippen molar-refractivity contribution in [3.05, 3.63) is 0 Å². The highest BCUT2D eigenvalue weighted by atomic mass is 79.9. The van der Waals surface area contributed by atoms with Crippen molar-refractivity contribution in [2.45, 2.75) is 19.3 Å². The zero-order valence-corrected chi connectivity index (χ0v) is 10.8. The van der Waals surface area contributed by atoms with Crippen molar-refractivity contribution in [1.82, 2.24) is 5.32 Å². The fraction of sp³-hybridized carbons (Fsp3) is 0.900. The van der Waals surface area contributed by atoms with Gasteiger partial charge in [0.25, 0.3) is 0 Å². The number of amides is 1. The lowest BCUT2D eigenvalue weighted by Gasteiger charge is -2.05. The Morgan fingerprint density at radius 1 is 1.27 bits per heavy atom. The molecular formula is C10H20BrNO3. The summed E-state index contributed by atoms with van der Waals surface area (Å²) in [6.45, 7) is 2.31. The minimum atomic E-state index is 0.103. The highest BCUT2D eigenvalue weighted by molar-refractivity contribution is 9.09. The first kappa shape index (κ1) is 14.9. The van der Waals surface area contributed by atoms with Crippen LogP contribution < -0.4 is 5.32 Å². The van der Waals surface area contributed by atoms with Crippen molar-refractivity contribution in [3.8, 4) is 0 Å². The smallest absolute Gasteiger partial charge is 0.220 e. The molecule has 0 rings (SSSR count). The third-order valence-corrected chi connectivity index (χ3v) is 2.35. The molecular weight excluding hydrogens is 262 g/mol. The molecule has 90 valence electrons. The Kier molecular flexibility index (Phi) is 11.8. The average Bonchev–Trinajstić information content (AvgIpc) is 2.23. The summed E-state index contributed by atoms with van der Waals surface area (Å²) < 4.78 is 10.0. The van der Waals surface area contributed by atoms with Crippen LogP contribution in [0.25, 0.3) is 0 Å². The normalized spacial score (nSPS) is 10.3. The Hall–Kier alpha value is -0.130. The third kappa shape index (κ3) is 11.8. The Morgan fingerprint density at radius 2 is 2.07 bits per heavy atom. The molecule has 0 aliphatic heterocycles. The van der Waals surface area contributed by atoms with Crippen LogP contribution in [0, 0.1) is 0 Å². The first-order chi connectivity index (χ1) is 7.31. The van der Waals surface area contributed by atoms with E-state index in [-0.39, 0.29) is 5.91 Å². The lowest BCUT2D eigenvalue weighted by Crippen LogP contribution is -2.27. The van der Waals surface area contributed by atoms with Gasteiger partial charge >= 0.3 is 0 Å². The van der Waals surface area contributed by atoms with E-state index in [1.165, 1.54) is 0 Å². The molecule has 0 aromatic carbocycles. The number of hydrogen-bond donors (Lipinski definition) is 1. The quantitative estimate of drug-likeness (QED) is 0.486. The highest BCUT2D eigenvalue weighted by Crippen LogP contribution is 1.97. The van der Waals surface area contributed by atoms with Gasteiger partial charge in [-0.3, -0.25) is 4.79 Å². The molecule has 15 heavy (non-hydrogen) atoms. The molecule has 0 spiro atoms. The minimum Gasteiger partial charge on any atom is -0.382 e. The number of nitrogens with one attached hydrogen (secondary N) is 1. The van der Waals surface area contributed by atoms with Crippen LogP contribution in [0.2, 0.25) is 0 Å². The van der Waals surface area contributed by atoms with E-state index in [9.17, 15) is 4.79 Å². The van der Waals surface area contributed by atoms with Crippen LogP contribution in [0.4, 0.5) is 0 Å². The van der Waals surface area contributed by atoms with Gasteiger partial charge in [-0.1, -0.05) is 15.9 Å². The zero-order valence-electron chi connectivity index (χ0n) is 9.26. The predicted molar refractivity (Wildman–Crippen MR) is 63.3 cm³/mol. The maximum atomic E-state index is 11.2. The van der Waals surface area contributed by atoms with Crippen LogP contribution in [0.5, 0.6) is 0 Å². The molecule has 0 heterocycles. The number of ether oxygens (including phenoxy) is 2. The van der Waals surface area contributed by atoms with Crippen molar-refractivity contribution in [1.29, 1.82) is 0 Å². The topological polar surface area (TPSA) is 47.6 Å². The molecule has 1 amide bonds. The lowest BCUT2D eigenvalue weighted by atomic mass is 10.2.